The molecule has 2 rings (SSSR count). The molecule has 0 aliphatic carbocycles. The second-order valence-corrected chi connectivity index (χ2v) is 4.64. The zero-order valence-electron chi connectivity index (χ0n) is 10.3. The van der Waals surface area contributed by atoms with E-state index in [1.807, 2.05) is 0 Å². The molecule has 2 atom stereocenters. The molecule has 0 radical (unpaired) electrons. The molecular formula is C13H19N3O2. The quantitative estimate of drug-likeness (QED) is 0.815. The molecule has 1 aliphatic rings. The van der Waals surface area contributed by atoms with Crippen LogP contribution in [0.25, 0.3) is 0 Å². The van der Waals surface area contributed by atoms with Crippen molar-refractivity contribution in [3.05, 3.63) is 30.1 Å². The molecule has 0 aromatic carbocycles. The highest BCUT2D eigenvalue weighted by atomic mass is 16.3. The molecular weight excluding hydrogens is 230 g/mol. The van der Waals surface area contributed by atoms with Crippen molar-refractivity contribution in [2.75, 3.05) is 13.1 Å². The minimum absolute atomic E-state index is 0.168. The van der Waals surface area contributed by atoms with Gasteiger partial charge in [0.1, 0.15) is 12.1 Å². The van der Waals surface area contributed by atoms with Crippen LogP contribution in [0.1, 0.15) is 30.9 Å². The van der Waals surface area contributed by atoms with Crippen LogP contribution >= 0.6 is 0 Å². The van der Waals surface area contributed by atoms with Gasteiger partial charge in [-0.3, -0.25) is 9.78 Å². The predicted molar refractivity (Wildman–Crippen MR) is 67.6 cm³/mol. The lowest BCUT2D eigenvalue weighted by molar-refractivity contribution is -0.136. The fourth-order valence-electron chi connectivity index (χ4n) is 2.23. The van der Waals surface area contributed by atoms with E-state index in [0.29, 0.717) is 5.56 Å². The van der Waals surface area contributed by atoms with Gasteiger partial charge in [-0.05, 0) is 37.0 Å². The van der Waals surface area contributed by atoms with Crippen molar-refractivity contribution < 1.29 is 9.90 Å². The highest BCUT2D eigenvalue weighted by Gasteiger charge is 2.28. The van der Waals surface area contributed by atoms with Crippen molar-refractivity contribution in [2.45, 2.75) is 31.4 Å². The van der Waals surface area contributed by atoms with Gasteiger partial charge in [-0.15, -0.1) is 0 Å². The Labute approximate surface area is 107 Å². The molecule has 5 heteroatoms. The van der Waals surface area contributed by atoms with Crippen LogP contribution in [0.3, 0.4) is 0 Å². The third kappa shape index (κ3) is 2.86. The molecule has 98 valence electrons. The molecule has 1 saturated heterocycles. The van der Waals surface area contributed by atoms with Crippen molar-refractivity contribution >= 4 is 5.91 Å². The minimum Gasteiger partial charge on any atom is -0.386 e. The number of aliphatic hydroxyl groups is 1. The lowest BCUT2D eigenvalue weighted by Crippen LogP contribution is -2.48. The Morgan fingerprint density at radius 2 is 1.89 bits per heavy atom. The molecule has 3 N–H and O–H groups in total. The lowest BCUT2D eigenvalue weighted by atomic mass is 10.0. The van der Waals surface area contributed by atoms with Gasteiger partial charge in [0.05, 0.1) is 0 Å². The summed E-state index contributed by atoms with van der Waals surface area (Å²) in [4.78, 5) is 17.8. The lowest BCUT2D eigenvalue weighted by Gasteiger charge is -2.30. The van der Waals surface area contributed by atoms with Gasteiger partial charge in [-0.25, -0.2) is 0 Å². The average molecular weight is 249 g/mol. The van der Waals surface area contributed by atoms with Crippen molar-refractivity contribution in [3.63, 3.8) is 0 Å². The van der Waals surface area contributed by atoms with Gasteiger partial charge in [-0.1, -0.05) is 0 Å². The number of piperidine rings is 1. The average Bonchev–Trinajstić information content (AvgIpc) is 2.47. The van der Waals surface area contributed by atoms with Crippen LogP contribution in [0, 0.1) is 0 Å². The van der Waals surface area contributed by atoms with Crippen LogP contribution < -0.4 is 5.73 Å². The second-order valence-electron chi connectivity index (χ2n) is 4.64. The first-order valence-electron chi connectivity index (χ1n) is 6.32. The largest absolute Gasteiger partial charge is 0.386 e. The normalized spacial score (nSPS) is 19.3. The van der Waals surface area contributed by atoms with Crippen LogP contribution in [0.5, 0.6) is 0 Å². The van der Waals surface area contributed by atoms with Gasteiger partial charge in [0.25, 0.3) is 0 Å². The van der Waals surface area contributed by atoms with Crippen molar-refractivity contribution in [1.29, 1.82) is 0 Å². The molecule has 1 fully saturated rings. The fraction of sp³-hybridized carbons (Fsp3) is 0.538. The maximum atomic E-state index is 12.1. The second kappa shape index (κ2) is 5.93. The molecule has 0 saturated carbocycles. The van der Waals surface area contributed by atoms with Crippen LogP contribution in [0.2, 0.25) is 0 Å². The van der Waals surface area contributed by atoms with Crippen LogP contribution in [-0.2, 0) is 4.79 Å². The van der Waals surface area contributed by atoms with Gasteiger partial charge in [0, 0.05) is 25.5 Å². The summed E-state index contributed by atoms with van der Waals surface area (Å²) in [5.41, 5.74) is 6.49. The van der Waals surface area contributed by atoms with E-state index in [1.54, 1.807) is 29.4 Å². The smallest absolute Gasteiger partial charge is 0.242 e. The van der Waals surface area contributed by atoms with Gasteiger partial charge in [0.2, 0.25) is 5.91 Å². The number of rotatable bonds is 3. The standard InChI is InChI=1S/C13H19N3O2/c14-11(12(17)10-4-6-15-7-5-10)13(18)16-8-2-1-3-9-16/h4-7,11-12,17H,1-3,8-9,14H2. The number of aliphatic hydroxyl groups excluding tert-OH is 1. The molecule has 5 nitrogen and oxygen atoms in total. The molecule has 2 unspecified atom stereocenters. The topological polar surface area (TPSA) is 79.5 Å². The Kier molecular flexibility index (Phi) is 4.28. The van der Waals surface area contributed by atoms with E-state index in [0.717, 1.165) is 32.4 Å². The predicted octanol–water partition coefficient (Wildman–Crippen LogP) is 0.455. The first-order chi connectivity index (χ1) is 8.70. The van der Waals surface area contributed by atoms with E-state index >= 15 is 0 Å². The Hall–Kier alpha value is -1.46. The Morgan fingerprint density at radius 3 is 2.50 bits per heavy atom. The van der Waals surface area contributed by atoms with Gasteiger partial charge >= 0.3 is 0 Å². The Balaban J connectivity index is 2.01. The van der Waals surface area contributed by atoms with Crippen LogP contribution in [0.15, 0.2) is 24.5 Å². The maximum Gasteiger partial charge on any atom is 0.242 e. The Morgan fingerprint density at radius 1 is 1.28 bits per heavy atom. The third-order valence-electron chi connectivity index (χ3n) is 3.34. The Bertz CT molecular complexity index is 390. The molecule has 2 heterocycles. The van der Waals surface area contributed by atoms with Gasteiger partial charge in [0.15, 0.2) is 0 Å². The summed E-state index contributed by atoms with van der Waals surface area (Å²) >= 11 is 0. The zero-order chi connectivity index (χ0) is 13.0. The van der Waals surface area contributed by atoms with Crippen LogP contribution in [0.4, 0.5) is 0 Å². The zero-order valence-corrected chi connectivity index (χ0v) is 10.3. The number of carbonyl (C=O) groups is 1. The number of pyridine rings is 1. The summed E-state index contributed by atoms with van der Waals surface area (Å²) in [6, 6.07) is 2.45. The van der Waals surface area contributed by atoms with E-state index in [2.05, 4.69) is 4.98 Å². The highest BCUT2D eigenvalue weighted by molar-refractivity contribution is 5.82. The van der Waals surface area contributed by atoms with Crippen molar-refractivity contribution in [1.82, 2.24) is 9.88 Å². The van der Waals surface area contributed by atoms with Gasteiger partial charge in [-0.2, -0.15) is 0 Å². The summed E-state index contributed by atoms with van der Waals surface area (Å²) in [5, 5.41) is 10.1. The minimum atomic E-state index is -0.970. The number of nitrogens with two attached hydrogens (primary N) is 1. The first-order valence-corrected chi connectivity index (χ1v) is 6.32. The molecule has 1 aromatic rings. The SMILES string of the molecule is NC(C(=O)N1CCCCC1)C(O)c1ccncc1. The third-order valence-corrected chi connectivity index (χ3v) is 3.34. The van der Waals surface area contributed by atoms with Gasteiger partial charge < -0.3 is 15.7 Å². The molecule has 1 amide bonds. The van der Waals surface area contributed by atoms with E-state index in [1.165, 1.54) is 0 Å². The number of likely N-dealkylation sites (tertiary alicyclic amines) is 1. The first kappa shape index (κ1) is 13.0. The van der Waals surface area contributed by atoms with E-state index < -0.39 is 12.1 Å². The summed E-state index contributed by atoms with van der Waals surface area (Å²) in [6.07, 6.45) is 5.38. The maximum absolute atomic E-state index is 12.1. The number of amides is 1. The molecule has 0 bridgehead atoms. The van der Waals surface area contributed by atoms with Crippen LogP contribution in [-0.4, -0.2) is 40.0 Å². The highest BCUT2D eigenvalue weighted by Crippen LogP contribution is 2.18. The number of hydrogen-bond acceptors (Lipinski definition) is 4. The summed E-state index contributed by atoms with van der Waals surface area (Å²) in [6.45, 7) is 1.49. The summed E-state index contributed by atoms with van der Waals surface area (Å²) in [7, 11) is 0. The number of hydrogen-bond donors (Lipinski definition) is 2. The monoisotopic (exact) mass is 249 g/mol. The van der Waals surface area contributed by atoms with E-state index in [-0.39, 0.29) is 5.91 Å². The number of carbonyl (C=O) groups excluding carboxylic acids is 1. The summed E-state index contributed by atoms with van der Waals surface area (Å²) < 4.78 is 0. The van der Waals surface area contributed by atoms with E-state index in [4.69, 9.17) is 5.73 Å². The van der Waals surface area contributed by atoms with Crippen molar-refractivity contribution in [2.24, 2.45) is 5.73 Å². The summed E-state index contributed by atoms with van der Waals surface area (Å²) in [5.74, 6) is -0.168. The van der Waals surface area contributed by atoms with Crippen molar-refractivity contribution in [3.8, 4) is 0 Å². The molecule has 1 aliphatic heterocycles. The molecule has 1 aromatic heterocycles. The van der Waals surface area contributed by atoms with E-state index in [9.17, 15) is 9.90 Å². The molecule has 0 spiro atoms. The fourth-order valence-corrected chi connectivity index (χ4v) is 2.23. The molecule has 18 heavy (non-hydrogen) atoms. The number of nitrogens with zero attached hydrogens (tertiary/aromatic N) is 2. The number of aromatic nitrogens is 1.